The second-order valence-electron chi connectivity index (χ2n) is 20.6. The van der Waals surface area contributed by atoms with Crippen LogP contribution in [0.4, 0.5) is 0 Å². The van der Waals surface area contributed by atoms with Gasteiger partial charge in [0.05, 0.1) is 34.4 Å². The average Bonchev–Trinajstić information content (AvgIpc) is 3.33. The Morgan fingerprint density at radius 2 is 0.814 bits per heavy atom. The van der Waals surface area contributed by atoms with Crippen molar-refractivity contribution in [1.82, 2.24) is 0 Å². The van der Waals surface area contributed by atoms with Crippen LogP contribution in [0.25, 0.3) is 0 Å². The van der Waals surface area contributed by atoms with Gasteiger partial charge in [-0.1, -0.05) is 242 Å². The number of hydrogen-bond donors (Lipinski definition) is 1. The quantitative estimate of drug-likeness (QED) is 0.0211. The number of nitrogens with zero attached hydrogens (tertiary/aromatic N) is 1. The first-order chi connectivity index (χ1) is 34.1. The second kappa shape index (κ2) is 52.3. The molecular formula is C61H110NO8+. The van der Waals surface area contributed by atoms with Crippen LogP contribution in [0.2, 0.25) is 0 Å². The van der Waals surface area contributed by atoms with Gasteiger partial charge >= 0.3 is 17.9 Å². The summed E-state index contributed by atoms with van der Waals surface area (Å²) in [5, 5.41) is 9.69. The Labute approximate surface area is 431 Å². The molecule has 406 valence electrons. The van der Waals surface area contributed by atoms with Gasteiger partial charge in [-0.2, -0.15) is 0 Å². The SMILES string of the molecule is CC/C=C\C/C=C\C/C=C\C/C=C\C/C=C\CCCCCCCCCCCCCCCCCC(=O)OC(COC(=O)CCCCCCCCCCCCCCCC)COC(OCC[N+](C)(C)C)C(=O)O. The predicted molar refractivity (Wildman–Crippen MR) is 295 cm³/mol. The van der Waals surface area contributed by atoms with Gasteiger partial charge in [-0.25, -0.2) is 4.79 Å². The highest BCUT2D eigenvalue weighted by Crippen LogP contribution is 2.17. The van der Waals surface area contributed by atoms with Crippen molar-refractivity contribution in [2.45, 2.75) is 264 Å². The number of carboxylic acid groups (broad SMARTS) is 1. The van der Waals surface area contributed by atoms with Crippen molar-refractivity contribution < 1.29 is 42.9 Å². The summed E-state index contributed by atoms with van der Waals surface area (Å²) < 4.78 is 22.9. The molecule has 70 heavy (non-hydrogen) atoms. The van der Waals surface area contributed by atoms with Crippen molar-refractivity contribution >= 4 is 17.9 Å². The number of quaternary nitrogens is 1. The predicted octanol–water partition coefficient (Wildman–Crippen LogP) is 16.8. The third-order valence-electron chi connectivity index (χ3n) is 12.5. The van der Waals surface area contributed by atoms with Gasteiger partial charge in [0.1, 0.15) is 13.2 Å². The zero-order chi connectivity index (χ0) is 51.3. The summed E-state index contributed by atoms with van der Waals surface area (Å²) in [5.74, 6) is -1.99. The fraction of sp³-hybridized carbons (Fsp3) is 0.787. The Balaban J connectivity index is 4.14. The highest BCUT2D eigenvalue weighted by molar-refractivity contribution is 5.71. The van der Waals surface area contributed by atoms with E-state index in [4.69, 9.17) is 18.9 Å². The van der Waals surface area contributed by atoms with Gasteiger partial charge in [-0.15, -0.1) is 0 Å². The van der Waals surface area contributed by atoms with Crippen LogP contribution < -0.4 is 0 Å². The second-order valence-corrected chi connectivity index (χ2v) is 20.6. The third kappa shape index (κ3) is 52.8. The van der Waals surface area contributed by atoms with Gasteiger partial charge < -0.3 is 28.5 Å². The molecule has 9 heteroatoms. The molecule has 0 aliphatic rings. The number of unbranched alkanes of at least 4 members (excludes halogenated alkanes) is 28. The molecule has 0 heterocycles. The largest absolute Gasteiger partial charge is 0.477 e. The summed E-state index contributed by atoms with van der Waals surface area (Å²) in [6.45, 7) is 4.78. The van der Waals surface area contributed by atoms with Crippen LogP contribution in [0, 0.1) is 0 Å². The van der Waals surface area contributed by atoms with E-state index in [1.165, 1.54) is 154 Å². The van der Waals surface area contributed by atoms with Crippen LogP contribution in [0.15, 0.2) is 60.8 Å². The maximum absolute atomic E-state index is 12.9. The first-order valence-corrected chi connectivity index (χ1v) is 29.0. The molecule has 0 aromatic heterocycles. The normalized spacial score (nSPS) is 13.2. The number of allylic oxidation sites excluding steroid dienone is 10. The molecule has 0 aliphatic heterocycles. The minimum Gasteiger partial charge on any atom is -0.477 e. The number of esters is 2. The van der Waals surface area contributed by atoms with E-state index in [0.29, 0.717) is 17.4 Å². The highest BCUT2D eigenvalue weighted by Gasteiger charge is 2.25. The molecule has 0 aromatic carbocycles. The minimum absolute atomic E-state index is 0.179. The van der Waals surface area contributed by atoms with E-state index in [-0.39, 0.29) is 32.2 Å². The van der Waals surface area contributed by atoms with Gasteiger partial charge in [-0.3, -0.25) is 9.59 Å². The number of carbonyl (C=O) groups is 3. The lowest BCUT2D eigenvalue weighted by Crippen LogP contribution is -2.40. The summed E-state index contributed by atoms with van der Waals surface area (Å²) in [6.07, 6.45) is 63.0. The Hall–Kier alpha value is -3.01. The zero-order valence-corrected chi connectivity index (χ0v) is 46.2. The molecule has 1 N–H and O–H groups in total. The molecule has 0 aromatic rings. The molecule has 0 spiro atoms. The van der Waals surface area contributed by atoms with Gasteiger partial charge in [0.2, 0.25) is 0 Å². The molecule has 9 nitrogen and oxygen atoms in total. The Bertz CT molecular complexity index is 1330. The number of likely N-dealkylation sites (N-methyl/N-ethyl adjacent to an activating group) is 1. The lowest BCUT2D eigenvalue weighted by atomic mass is 10.0. The van der Waals surface area contributed by atoms with Crippen LogP contribution in [0.3, 0.4) is 0 Å². The van der Waals surface area contributed by atoms with E-state index < -0.39 is 24.3 Å². The lowest BCUT2D eigenvalue weighted by Gasteiger charge is -2.25. The molecule has 0 saturated heterocycles. The topological polar surface area (TPSA) is 108 Å². The minimum atomic E-state index is -1.51. The van der Waals surface area contributed by atoms with E-state index >= 15 is 0 Å². The summed E-state index contributed by atoms with van der Waals surface area (Å²) in [7, 11) is 5.97. The molecule has 0 rings (SSSR count). The highest BCUT2D eigenvalue weighted by atomic mass is 16.7. The number of carbonyl (C=O) groups excluding carboxylic acids is 2. The maximum atomic E-state index is 12.9. The van der Waals surface area contributed by atoms with Gasteiger partial charge in [0.25, 0.3) is 6.29 Å². The Morgan fingerprint density at radius 3 is 1.21 bits per heavy atom. The van der Waals surface area contributed by atoms with Crippen LogP contribution in [0.5, 0.6) is 0 Å². The Morgan fingerprint density at radius 1 is 0.443 bits per heavy atom. The van der Waals surface area contributed by atoms with Crippen molar-refractivity contribution in [3.05, 3.63) is 60.8 Å². The fourth-order valence-electron chi connectivity index (χ4n) is 8.10. The number of rotatable bonds is 53. The maximum Gasteiger partial charge on any atom is 0.361 e. The van der Waals surface area contributed by atoms with Crippen LogP contribution in [0.1, 0.15) is 251 Å². The number of ether oxygens (including phenoxy) is 4. The van der Waals surface area contributed by atoms with Crippen LogP contribution in [-0.2, 0) is 33.3 Å². The molecule has 0 fully saturated rings. The van der Waals surface area contributed by atoms with Crippen molar-refractivity contribution in [2.24, 2.45) is 0 Å². The molecule has 0 saturated carbocycles. The van der Waals surface area contributed by atoms with Crippen molar-refractivity contribution in [3.8, 4) is 0 Å². The standard InChI is InChI=1S/C61H109NO8/c1-6-8-10-12-14-16-18-20-22-23-24-25-26-27-28-29-30-31-32-33-34-35-36-37-38-40-42-44-46-48-50-52-59(64)70-57(56-69-61(60(65)66)67-54-53-62(3,4)5)55-68-58(63)51-49-47-45-43-41-39-21-19-17-15-13-11-9-7-2/h8,10,14,16,20,22,24-25,27-28,57,61H,6-7,9,11-13,15,17-19,21,23,26,29-56H2,1-5H3/p+1/b10-8-,16-14-,22-20-,25-24-,28-27-. The smallest absolute Gasteiger partial charge is 0.361 e. The summed E-state index contributed by atoms with van der Waals surface area (Å²) in [5.41, 5.74) is 0. The van der Waals surface area contributed by atoms with E-state index in [1.807, 2.05) is 21.1 Å². The van der Waals surface area contributed by atoms with Crippen molar-refractivity contribution in [2.75, 3.05) is 47.5 Å². The van der Waals surface area contributed by atoms with E-state index in [0.717, 1.165) is 70.6 Å². The number of carboxylic acids is 1. The first-order valence-electron chi connectivity index (χ1n) is 29.0. The molecule has 0 aliphatic carbocycles. The van der Waals surface area contributed by atoms with Gasteiger partial charge in [0.15, 0.2) is 6.10 Å². The molecule has 2 unspecified atom stereocenters. The summed E-state index contributed by atoms with van der Waals surface area (Å²) in [4.78, 5) is 37.4. The number of aliphatic carboxylic acids is 1. The molecule has 0 amide bonds. The van der Waals surface area contributed by atoms with Gasteiger partial charge in [-0.05, 0) is 57.8 Å². The third-order valence-corrected chi connectivity index (χ3v) is 12.5. The van der Waals surface area contributed by atoms with E-state index in [9.17, 15) is 19.5 Å². The summed E-state index contributed by atoms with van der Waals surface area (Å²) in [6, 6.07) is 0. The van der Waals surface area contributed by atoms with Crippen molar-refractivity contribution in [3.63, 3.8) is 0 Å². The lowest BCUT2D eigenvalue weighted by molar-refractivity contribution is -0.870. The molecular weight excluding hydrogens is 875 g/mol. The fourth-order valence-corrected chi connectivity index (χ4v) is 8.10. The number of hydrogen-bond acceptors (Lipinski definition) is 7. The summed E-state index contributed by atoms with van der Waals surface area (Å²) >= 11 is 0. The van der Waals surface area contributed by atoms with E-state index in [1.54, 1.807) is 0 Å². The van der Waals surface area contributed by atoms with Crippen LogP contribution in [-0.4, -0.2) is 87.4 Å². The van der Waals surface area contributed by atoms with Crippen LogP contribution >= 0.6 is 0 Å². The van der Waals surface area contributed by atoms with Crippen molar-refractivity contribution in [1.29, 1.82) is 0 Å². The first kappa shape index (κ1) is 67.0. The molecule has 0 radical (unpaired) electrons. The monoisotopic (exact) mass is 985 g/mol. The van der Waals surface area contributed by atoms with Gasteiger partial charge in [0, 0.05) is 12.8 Å². The zero-order valence-electron chi connectivity index (χ0n) is 46.2. The van der Waals surface area contributed by atoms with E-state index in [2.05, 4.69) is 74.6 Å². The molecule has 2 atom stereocenters. The Kier molecular flexibility index (Phi) is 50.1. The average molecular weight is 986 g/mol. The molecule has 0 bridgehead atoms.